The van der Waals surface area contributed by atoms with Gasteiger partial charge in [-0.15, -0.1) is 0 Å². The highest BCUT2D eigenvalue weighted by molar-refractivity contribution is 5.36. The van der Waals surface area contributed by atoms with Crippen LogP contribution in [0.2, 0.25) is 0 Å². The van der Waals surface area contributed by atoms with Gasteiger partial charge in [0.1, 0.15) is 11.4 Å². The minimum Gasteiger partial charge on any atom is -0.381 e. The third kappa shape index (κ3) is 2.22. The van der Waals surface area contributed by atoms with Gasteiger partial charge in [-0.05, 0) is 36.6 Å². The minimum absolute atomic E-state index is 0.293. The summed E-state index contributed by atoms with van der Waals surface area (Å²) in [6, 6.07) is 14.1. The molecular formula is C15H15FO. The fourth-order valence-electron chi connectivity index (χ4n) is 1.83. The average molecular weight is 230 g/mol. The summed E-state index contributed by atoms with van der Waals surface area (Å²) in [6.07, 6.45) is 0. The predicted molar refractivity (Wildman–Crippen MR) is 66.3 cm³/mol. The summed E-state index contributed by atoms with van der Waals surface area (Å²) in [5.74, 6) is -0.293. The standard InChI is InChI=1S/C15H15FO/c1-11-8-9-13(10-14(11)16)15(2,17)12-6-4-3-5-7-12/h3-10,17H,1-2H3. The molecule has 0 aliphatic heterocycles. The van der Waals surface area contributed by atoms with Gasteiger partial charge in [-0.1, -0.05) is 42.5 Å². The second kappa shape index (κ2) is 4.30. The van der Waals surface area contributed by atoms with Gasteiger partial charge in [0.15, 0.2) is 0 Å². The lowest BCUT2D eigenvalue weighted by molar-refractivity contribution is 0.102. The fourth-order valence-corrected chi connectivity index (χ4v) is 1.83. The highest BCUT2D eigenvalue weighted by Crippen LogP contribution is 2.29. The van der Waals surface area contributed by atoms with E-state index in [1.807, 2.05) is 30.3 Å². The Morgan fingerprint density at radius 1 is 1.00 bits per heavy atom. The maximum atomic E-state index is 13.5. The Morgan fingerprint density at radius 2 is 1.65 bits per heavy atom. The average Bonchev–Trinajstić information content (AvgIpc) is 2.33. The van der Waals surface area contributed by atoms with Crippen molar-refractivity contribution in [1.82, 2.24) is 0 Å². The number of benzene rings is 2. The summed E-state index contributed by atoms with van der Waals surface area (Å²) in [5, 5.41) is 10.5. The molecular weight excluding hydrogens is 215 g/mol. The topological polar surface area (TPSA) is 20.2 Å². The van der Waals surface area contributed by atoms with Crippen LogP contribution in [-0.4, -0.2) is 5.11 Å². The zero-order valence-electron chi connectivity index (χ0n) is 9.94. The highest BCUT2D eigenvalue weighted by Gasteiger charge is 2.25. The third-order valence-corrected chi connectivity index (χ3v) is 3.07. The number of rotatable bonds is 2. The van der Waals surface area contributed by atoms with Gasteiger partial charge in [-0.2, -0.15) is 0 Å². The van der Waals surface area contributed by atoms with Gasteiger partial charge in [-0.25, -0.2) is 4.39 Å². The molecule has 0 aliphatic rings. The van der Waals surface area contributed by atoms with Gasteiger partial charge in [0.05, 0.1) is 0 Å². The van der Waals surface area contributed by atoms with Crippen molar-refractivity contribution in [2.45, 2.75) is 19.4 Å². The van der Waals surface area contributed by atoms with Gasteiger partial charge in [0.2, 0.25) is 0 Å². The smallest absolute Gasteiger partial charge is 0.126 e. The van der Waals surface area contributed by atoms with E-state index >= 15 is 0 Å². The Hall–Kier alpha value is -1.67. The van der Waals surface area contributed by atoms with E-state index in [9.17, 15) is 9.50 Å². The molecule has 1 N–H and O–H groups in total. The van der Waals surface area contributed by atoms with Crippen LogP contribution < -0.4 is 0 Å². The number of aryl methyl sites for hydroxylation is 1. The molecule has 0 bridgehead atoms. The van der Waals surface area contributed by atoms with Crippen LogP contribution in [0.5, 0.6) is 0 Å². The van der Waals surface area contributed by atoms with Crippen LogP contribution in [0.4, 0.5) is 4.39 Å². The van der Waals surface area contributed by atoms with Crippen LogP contribution >= 0.6 is 0 Å². The van der Waals surface area contributed by atoms with E-state index in [2.05, 4.69) is 0 Å². The SMILES string of the molecule is Cc1ccc(C(C)(O)c2ccccc2)cc1F. The van der Waals surface area contributed by atoms with Crippen molar-refractivity contribution in [3.05, 3.63) is 71.0 Å². The van der Waals surface area contributed by atoms with Crippen LogP contribution in [0.25, 0.3) is 0 Å². The van der Waals surface area contributed by atoms with Crippen LogP contribution in [-0.2, 0) is 5.60 Å². The lowest BCUT2D eigenvalue weighted by Gasteiger charge is -2.24. The van der Waals surface area contributed by atoms with Crippen molar-refractivity contribution >= 4 is 0 Å². The Bertz CT molecular complexity index is 518. The lowest BCUT2D eigenvalue weighted by atomic mass is 9.88. The van der Waals surface area contributed by atoms with E-state index in [-0.39, 0.29) is 5.82 Å². The number of aliphatic hydroxyl groups is 1. The van der Waals surface area contributed by atoms with Gasteiger partial charge < -0.3 is 5.11 Å². The van der Waals surface area contributed by atoms with Gasteiger partial charge >= 0.3 is 0 Å². The second-order valence-corrected chi connectivity index (χ2v) is 4.40. The van der Waals surface area contributed by atoms with E-state index in [0.717, 1.165) is 5.56 Å². The first-order chi connectivity index (χ1) is 8.01. The van der Waals surface area contributed by atoms with Gasteiger partial charge in [-0.3, -0.25) is 0 Å². The number of hydrogen-bond donors (Lipinski definition) is 1. The monoisotopic (exact) mass is 230 g/mol. The van der Waals surface area contributed by atoms with E-state index in [1.54, 1.807) is 26.0 Å². The quantitative estimate of drug-likeness (QED) is 0.838. The molecule has 0 saturated carbocycles. The summed E-state index contributed by atoms with van der Waals surface area (Å²) >= 11 is 0. The Kier molecular flexibility index (Phi) is 2.99. The lowest BCUT2D eigenvalue weighted by Crippen LogP contribution is -2.22. The van der Waals surface area contributed by atoms with Crippen molar-refractivity contribution in [1.29, 1.82) is 0 Å². The zero-order chi connectivity index (χ0) is 12.5. The molecule has 88 valence electrons. The molecule has 1 atom stereocenters. The second-order valence-electron chi connectivity index (χ2n) is 4.40. The molecule has 1 nitrogen and oxygen atoms in total. The minimum atomic E-state index is -1.17. The van der Waals surface area contributed by atoms with E-state index in [0.29, 0.717) is 11.1 Å². The summed E-state index contributed by atoms with van der Waals surface area (Å²) in [4.78, 5) is 0. The highest BCUT2D eigenvalue weighted by atomic mass is 19.1. The molecule has 2 rings (SSSR count). The predicted octanol–water partition coefficient (Wildman–Crippen LogP) is 3.39. The molecule has 0 aliphatic carbocycles. The first-order valence-corrected chi connectivity index (χ1v) is 5.56. The first-order valence-electron chi connectivity index (χ1n) is 5.56. The normalized spacial score (nSPS) is 14.4. The fraction of sp³-hybridized carbons (Fsp3) is 0.200. The maximum absolute atomic E-state index is 13.5. The largest absolute Gasteiger partial charge is 0.381 e. The van der Waals surface area contributed by atoms with Crippen molar-refractivity contribution in [3.8, 4) is 0 Å². The van der Waals surface area contributed by atoms with Crippen molar-refractivity contribution in [2.75, 3.05) is 0 Å². The van der Waals surface area contributed by atoms with Gasteiger partial charge in [0, 0.05) is 0 Å². The Morgan fingerprint density at radius 3 is 2.24 bits per heavy atom. The molecule has 0 amide bonds. The molecule has 0 spiro atoms. The number of hydrogen-bond acceptors (Lipinski definition) is 1. The van der Waals surface area contributed by atoms with Crippen LogP contribution in [0.1, 0.15) is 23.6 Å². The molecule has 2 aromatic rings. The summed E-state index contributed by atoms with van der Waals surface area (Å²) < 4.78 is 13.5. The van der Waals surface area contributed by atoms with Gasteiger partial charge in [0.25, 0.3) is 0 Å². The summed E-state index contributed by atoms with van der Waals surface area (Å²) in [5.41, 5.74) is 0.725. The van der Waals surface area contributed by atoms with E-state index in [4.69, 9.17) is 0 Å². The molecule has 0 radical (unpaired) electrons. The Labute approximate surface area is 101 Å². The molecule has 2 aromatic carbocycles. The first kappa shape index (κ1) is 11.8. The van der Waals surface area contributed by atoms with E-state index < -0.39 is 5.60 Å². The zero-order valence-corrected chi connectivity index (χ0v) is 9.94. The van der Waals surface area contributed by atoms with E-state index in [1.165, 1.54) is 6.07 Å². The molecule has 2 heteroatoms. The Balaban J connectivity index is 2.48. The molecule has 0 fully saturated rings. The summed E-state index contributed by atoms with van der Waals surface area (Å²) in [7, 11) is 0. The summed E-state index contributed by atoms with van der Waals surface area (Å²) in [6.45, 7) is 3.38. The number of halogens is 1. The maximum Gasteiger partial charge on any atom is 0.126 e. The van der Waals surface area contributed by atoms with Crippen LogP contribution in [0.15, 0.2) is 48.5 Å². The van der Waals surface area contributed by atoms with Crippen molar-refractivity contribution in [3.63, 3.8) is 0 Å². The molecule has 1 unspecified atom stereocenters. The third-order valence-electron chi connectivity index (χ3n) is 3.07. The molecule has 0 saturated heterocycles. The van der Waals surface area contributed by atoms with Crippen LogP contribution in [0, 0.1) is 12.7 Å². The van der Waals surface area contributed by atoms with Crippen molar-refractivity contribution in [2.24, 2.45) is 0 Å². The molecule has 17 heavy (non-hydrogen) atoms. The van der Waals surface area contributed by atoms with Crippen LogP contribution in [0.3, 0.4) is 0 Å². The molecule has 0 aromatic heterocycles. The molecule has 0 heterocycles. The van der Waals surface area contributed by atoms with Crippen molar-refractivity contribution < 1.29 is 9.50 Å².